The van der Waals surface area contributed by atoms with Crippen molar-refractivity contribution in [3.8, 4) is 5.75 Å². The van der Waals surface area contributed by atoms with Crippen LogP contribution in [0.25, 0.3) is 0 Å². The summed E-state index contributed by atoms with van der Waals surface area (Å²) in [6, 6.07) is 6.84. The van der Waals surface area contributed by atoms with Crippen LogP contribution < -0.4 is 4.74 Å². The molecule has 0 fully saturated rings. The van der Waals surface area contributed by atoms with Crippen LogP contribution in [0.3, 0.4) is 0 Å². The molecule has 0 N–H and O–H groups in total. The van der Waals surface area contributed by atoms with Gasteiger partial charge in [-0.25, -0.2) is 0 Å². The van der Waals surface area contributed by atoms with Crippen molar-refractivity contribution in [2.24, 2.45) is 0 Å². The van der Waals surface area contributed by atoms with Gasteiger partial charge in [-0.15, -0.1) is 0 Å². The zero-order valence-corrected chi connectivity index (χ0v) is 19.7. The number of quaternary nitrogens is 1. The average Bonchev–Trinajstić information content (AvgIpc) is 2.69. The predicted octanol–water partition coefficient (Wildman–Crippen LogP) is 7.27. The lowest BCUT2D eigenvalue weighted by atomic mass is 10.1. The molecule has 3 nitrogen and oxygen atoms in total. The molecule has 4 heteroatoms. The zero-order chi connectivity index (χ0) is 21.3. The van der Waals surface area contributed by atoms with Crippen LogP contribution in [0.15, 0.2) is 24.3 Å². The molecule has 162 valence electrons. The number of ether oxygens (including phenoxy) is 1. The second-order valence-corrected chi connectivity index (χ2v) is 8.08. The van der Waals surface area contributed by atoms with Gasteiger partial charge in [0.1, 0.15) is 5.75 Å². The van der Waals surface area contributed by atoms with E-state index in [1.807, 2.05) is 0 Å². The Morgan fingerprint density at radius 1 is 0.821 bits per heavy atom. The highest BCUT2D eigenvalue weighted by molar-refractivity contribution is 6.32. The summed E-state index contributed by atoms with van der Waals surface area (Å²) in [5.74, 6) is 0.0415. The fourth-order valence-corrected chi connectivity index (χ4v) is 3.50. The lowest BCUT2D eigenvalue weighted by Crippen LogP contribution is -2.50. The summed E-state index contributed by atoms with van der Waals surface area (Å²) >= 11 is 5.69. The molecule has 0 saturated carbocycles. The number of carbonyl (C=O) groups excluding carboxylic acids is 1. The van der Waals surface area contributed by atoms with Crippen molar-refractivity contribution in [3.63, 3.8) is 0 Å². The second-order valence-electron chi connectivity index (χ2n) is 7.67. The summed E-state index contributed by atoms with van der Waals surface area (Å²) in [6.07, 6.45) is 11.1. The number of hydrogen-bond acceptors (Lipinski definition) is 2. The highest BCUT2D eigenvalue weighted by atomic mass is 35.5. The molecule has 0 aliphatic carbocycles. The number of benzene rings is 1. The molecular formula is C24H43ClNO2+. The van der Waals surface area contributed by atoms with E-state index in [0.717, 1.165) is 0 Å². The SMILES string of the molecule is CC(=O)Oc1ccccc1Cl.CCCC[N+](CCCC)(CCCC)CCCC. The van der Waals surface area contributed by atoms with Gasteiger partial charge in [0.15, 0.2) is 0 Å². The molecular weight excluding hydrogens is 370 g/mol. The Hall–Kier alpha value is -1.06. The number of unbranched alkanes of at least 4 members (excludes halogenated alkanes) is 4. The maximum absolute atomic E-state index is 10.5. The van der Waals surface area contributed by atoms with Gasteiger partial charge >= 0.3 is 5.97 Å². The van der Waals surface area contributed by atoms with Gasteiger partial charge in [-0.05, 0) is 37.8 Å². The summed E-state index contributed by atoms with van der Waals surface area (Å²) < 4.78 is 6.19. The summed E-state index contributed by atoms with van der Waals surface area (Å²) in [7, 11) is 0. The van der Waals surface area contributed by atoms with Crippen LogP contribution in [0.2, 0.25) is 5.02 Å². The van der Waals surface area contributed by atoms with Crippen LogP contribution in [-0.4, -0.2) is 36.6 Å². The molecule has 1 aromatic rings. The first kappa shape index (κ1) is 26.9. The Labute approximate surface area is 179 Å². The minimum absolute atomic E-state index is 0.363. The molecule has 0 amide bonds. The molecule has 0 aliphatic rings. The van der Waals surface area contributed by atoms with Crippen molar-refractivity contribution in [3.05, 3.63) is 29.3 Å². The predicted molar refractivity (Wildman–Crippen MR) is 122 cm³/mol. The minimum Gasteiger partial charge on any atom is -0.425 e. The largest absolute Gasteiger partial charge is 0.425 e. The van der Waals surface area contributed by atoms with Crippen LogP contribution in [-0.2, 0) is 4.79 Å². The van der Waals surface area contributed by atoms with Gasteiger partial charge < -0.3 is 9.22 Å². The number of nitrogens with zero attached hydrogens (tertiary/aromatic N) is 1. The van der Waals surface area contributed by atoms with Crippen molar-refractivity contribution in [1.82, 2.24) is 0 Å². The van der Waals surface area contributed by atoms with E-state index >= 15 is 0 Å². The molecule has 0 saturated heterocycles. The Bertz CT molecular complexity index is 482. The summed E-state index contributed by atoms with van der Waals surface area (Å²) in [4.78, 5) is 10.5. The molecule has 0 bridgehead atoms. The van der Waals surface area contributed by atoms with Crippen LogP contribution >= 0.6 is 11.6 Å². The normalized spacial score (nSPS) is 10.9. The molecule has 28 heavy (non-hydrogen) atoms. The van der Waals surface area contributed by atoms with Gasteiger partial charge in [-0.3, -0.25) is 4.79 Å². The molecule has 0 aliphatic heterocycles. The fraction of sp³-hybridized carbons (Fsp3) is 0.708. The van der Waals surface area contributed by atoms with E-state index in [-0.39, 0.29) is 5.97 Å². The Kier molecular flexibility index (Phi) is 16.2. The highest BCUT2D eigenvalue weighted by Gasteiger charge is 2.24. The Morgan fingerprint density at radius 2 is 1.21 bits per heavy atom. The van der Waals surface area contributed by atoms with Crippen molar-refractivity contribution in [2.75, 3.05) is 26.2 Å². The van der Waals surface area contributed by atoms with E-state index < -0.39 is 0 Å². The number of esters is 1. The third-order valence-electron chi connectivity index (χ3n) is 5.03. The molecule has 0 atom stereocenters. The summed E-state index contributed by atoms with van der Waals surface area (Å²) in [5, 5.41) is 0.447. The van der Waals surface area contributed by atoms with Gasteiger partial charge in [0.05, 0.1) is 31.2 Å². The molecule has 0 radical (unpaired) electrons. The number of rotatable bonds is 13. The first-order chi connectivity index (χ1) is 13.4. The van der Waals surface area contributed by atoms with E-state index in [1.165, 1.54) is 89.0 Å². The van der Waals surface area contributed by atoms with Crippen LogP contribution in [0, 0.1) is 0 Å². The topological polar surface area (TPSA) is 26.3 Å². The smallest absolute Gasteiger partial charge is 0.308 e. The maximum Gasteiger partial charge on any atom is 0.308 e. The first-order valence-electron chi connectivity index (χ1n) is 11.2. The van der Waals surface area contributed by atoms with Crippen molar-refractivity contribution in [2.45, 2.75) is 86.0 Å². The number of para-hydroxylation sites is 1. The van der Waals surface area contributed by atoms with E-state index in [4.69, 9.17) is 16.3 Å². The van der Waals surface area contributed by atoms with Crippen molar-refractivity contribution < 1.29 is 14.0 Å². The van der Waals surface area contributed by atoms with E-state index in [9.17, 15) is 4.79 Å². The third-order valence-corrected chi connectivity index (χ3v) is 5.35. The molecule has 0 unspecified atom stereocenters. The minimum atomic E-state index is -0.363. The average molecular weight is 413 g/mol. The van der Waals surface area contributed by atoms with E-state index in [2.05, 4.69) is 27.7 Å². The van der Waals surface area contributed by atoms with Gasteiger partial charge in [0.2, 0.25) is 0 Å². The number of hydrogen-bond donors (Lipinski definition) is 0. The maximum atomic E-state index is 10.5. The zero-order valence-electron chi connectivity index (χ0n) is 18.9. The Morgan fingerprint density at radius 3 is 1.54 bits per heavy atom. The van der Waals surface area contributed by atoms with Crippen LogP contribution in [0.1, 0.15) is 86.0 Å². The molecule has 0 heterocycles. The molecule has 1 rings (SSSR count). The molecule has 0 aromatic heterocycles. The third kappa shape index (κ3) is 12.4. The van der Waals surface area contributed by atoms with Crippen molar-refractivity contribution in [1.29, 1.82) is 0 Å². The quantitative estimate of drug-likeness (QED) is 0.193. The number of halogens is 1. The van der Waals surface area contributed by atoms with E-state index in [1.54, 1.807) is 24.3 Å². The lowest BCUT2D eigenvalue weighted by molar-refractivity contribution is -0.929. The van der Waals surface area contributed by atoms with Gasteiger partial charge in [-0.1, -0.05) is 77.1 Å². The van der Waals surface area contributed by atoms with E-state index in [0.29, 0.717) is 10.8 Å². The van der Waals surface area contributed by atoms with Crippen LogP contribution in [0.5, 0.6) is 5.75 Å². The van der Waals surface area contributed by atoms with Crippen molar-refractivity contribution >= 4 is 17.6 Å². The second kappa shape index (κ2) is 16.9. The monoisotopic (exact) mass is 412 g/mol. The number of carbonyl (C=O) groups is 1. The highest BCUT2D eigenvalue weighted by Crippen LogP contribution is 2.22. The molecule has 0 spiro atoms. The summed E-state index contributed by atoms with van der Waals surface area (Å²) in [5.41, 5.74) is 0. The Balaban J connectivity index is 0.000000567. The lowest BCUT2D eigenvalue weighted by Gasteiger charge is -2.39. The van der Waals surface area contributed by atoms with Gasteiger partial charge in [0, 0.05) is 6.92 Å². The fourth-order valence-electron chi connectivity index (χ4n) is 3.33. The summed E-state index contributed by atoms with van der Waals surface area (Å²) in [6.45, 7) is 16.4. The van der Waals surface area contributed by atoms with Gasteiger partial charge in [0.25, 0.3) is 0 Å². The van der Waals surface area contributed by atoms with Crippen LogP contribution in [0.4, 0.5) is 0 Å². The first-order valence-corrected chi connectivity index (χ1v) is 11.6. The molecule has 1 aromatic carbocycles. The van der Waals surface area contributed by atoms with Gasteiger partial charge in [-0.2, -0.15) is 0 Å². The standard InChI is InChI=1S/C16H36N.C8H7ClO2/c1-5-9-13-17(14-10-6-2,15-11-7-3)16-12-8-4;1-6(10)11-8-5-3-2-4-7(8)9/h5-16H2,1-4H3;2-5H,1H3/q+1;.